The van der Waals surface area contributed by atoms with Crippen molar-refractivity contribution in [2.24, 2.45) is 0 Å². The van der Waals surface area contributed by atoms with Crippen LogP contribution < -0.4 is 15.4 Å². The van der Waals surface area contributed by atoms with E-state index in [1.165, 1.54) is 0 Å². The van der Waals surface area contributed by atoms with Gasteiger partial charge in [0.25, 0.3) is 0 Å². The van der Waals surface area contributed by atoms with E-state index in [0.29, 0.717) is 11.7 Å². The van der Waals surface area contributed by atoms with Crippen LogP contribution in [0.4, 0.5) is 0 Å². The molecule has 0 radical (unpaired) electrons. The van der Waals surface area contributed by atoms with Crippen molar-refractivity contribution in [3.63, 3.8) is 0 Å². The van der Waals surface area contributed by atoms with Gasteiger partial charge in [-0.2, -0.15) is 0 Å². The van der Waals surface area contributed by atoms with E-state index in [1.807, 2.05) is 6.07 Å². The average molecular weight is 211 g/mol. The van der Waals surface area contributed by atoms with Gasteiger partial charge in [-0.1, -0.05) is 0 Å². The van der Waals surface area contributed by atoms with Crippen LogP contribution in [0.3, 0.4) is 0 Å². The maximum Gasteiger partial charge on any atom is 0.166 e. The Hall–Kier alpha value is -1.36. The highest BCUT2D eigenvalue weighted by atomic mass is 32.1. The Bertz CT molecular complexity index is 317. The second-order valence-corrected chi connectivity index (χ2v) is 3.03. The lowest BCUT2D eigenvalue weighted by Crippen LogP contribution is -2.31. The van der Waals surface area contributed by atoms with Crippen LogP contribution in [-0.2, 0) is 6.54 Å². The molecule has 0 fully saturated rings. The summed E-state index contributed by atoms with van der Waals surface area (Å²) in [7, 11) is 3.41. The maximum atomic E-state index is 5.17. The smallest absolute Gasteiger partial charge is 0.166 e. The fourth-order valence-electron chi connectivity index (χ4n) is 1.01. The second kappa shape index (κ2) is 5.39. The number of hydrogen-bond acceptors (Lipinski definition) is 3. The minimum Gasteiger partial charge on any atom is -0.496 e. The normalized spacial score (nSPS) is 9.29. The molecule has 2 N–H and O–H groups in total. The molecule has 1 aromatic heterocycles. The molecule has 0 aromatic carbocycles. The summed E-state index contributed by atoms with van der Waals surface area (Å²) in [5.41, 5.74) is 0.979. The molecule has 0 bridgehead atoms. The van der Waals surface area contributed by atoms with Gasteiger partial charge in [-0.3, -0.25) is 4.98 Å². The van der Waals surface area contributed by atoms with Crippen LogP contribution in [0.15, 0.2) is 18.5 Å². The maximum absolute atomic E-state index is 5.17. The zero-order valence-corrected chi connectivity index (χ0v) is 9.02. The largest absolute Gasteiger partial charge is 0.496 e. The monoisotopic (exact) mass is 211 g/mol. The lowest BCUT2D eigenvalue weighted by atomic mass is 10.2. The molecule has 0 aliphatic carbocycles. The Morgan fingerprint density at radius 3 is 3.07 bits per heavy atom. The van der Waals surface area contributed by atoms with Crippen molar-refractivity contribution in [2.45, 2.75) is 6.54 Å². The standard InChI is InChI=1S/C9H13N3OS/c1-10-9(14)12-6-7-5-11-4-3-8(7)13-2/h3-5H,6H2,1-2H3,(H2,10,12,14). The lowest BCUT2D eigenvalue weighted by molar-refractivity contribution is 0.408. The van der Waals surface area contributed by atoms with Gasteiger partial charge >= 0.3 is 0 Å². The van der Waals surface area contributed by atoms with Gasteiger partial charge in [0.2, 0.25) is 0 Å². The molecule has 0 atom stereocenters. The number of thiocarbonyl (C=S) groups is 1. The van der Waals surface area contributed by atoms with Gasteiger partial charge in [-0.25, -0.2) is 0 Å². The van der Waals surface area contributed by atoms with Gasteiger partial charge in [0.05, 0.1) is 7.11 Å². The SMILES string of the molecule is CNC(=S)NCc1cnccc1OC. The molecule has 0 saturated heterocycles. The van der Waals surface area contributed by atoms with Crippen molar-refractivity contribution >= 4 is 17.3 Å². The molecule has 4 nitrogen and oxygen atoms in total. The molecular weight excluding hydrogens is 198 g/mol. The Kier molecular flexibility index (Phi) is 4.12. The molecule has 5 heteroatoms. The Labute approximate surface area is 88.7 Å². The highest BCUT2D eigenvalue weighted by Gasteiger charge is 2.01. The van der Waals surface area contributed by atoms with E-state index in [-0.39, 0.29) is 0 Å². The number of rotatable bonds is 3. The van der Waals surface area contributed by atoms with E-state index in [1.54, 1.807) is 26.6 Å². The van der Waals surface area contributed by atoms with Crippen LogP contribution >= 0.6 is 12.2 Å². The summed E-state index contributed by atoms with van der Waals surface area (Å²) in [4.78, 5) is 4.01. The van der Waals surface area contributed by atoms with E-state index < -0.39 is 0 Å². The van der Waals surface area contributed by atoms with Crippen LogP contribution in [0.2, 0.25) is 0 Å². The van der Waals surface area contributed by atoms with E-state index in [2.05, 4.69) is 15.6 Å². The second-order valence-electron chi connectivity index (χ2n) is 2.62. The Morgan fingerprint density at radius 2 is 2.43 bits per heavy atom. The third kappa shape index (κ3) is 2.85. The van der Waals surface area contributed by atoms with Crippen LogP contribution in [-0.4, -0.2) is 24.3 Å². The molecule has 76 valence electrons. The fourth-order valence-corrected chi connectivity index (χ4v) is 1.08. The number of pyridine rings is 1. The van der Waals surface area contributed by atoms with E-state index in [0.717, 1.165) is 11.3 Å². The summed E-state index contributed by atoms with van der Waals surface area (Å²) in [5.74, 6) is 0.811. The van der Waals surface area contributed by atoms with Gasteiger partial charge in [0.15, 0.2) is 5.11 Å². The predicted molar refractivity (Wildman–Crippen MR) is 59.3 cm³/mol. The van der Waals surface area contributed by atoms with Crippen molar-refractivity contribution in [1.29, 1.82) is 0 Å². The molecule has 0 amide bonds. The summed E-state index contributed by atoms with van der Waals surface area (Å²) in [5, 5.41) is 6.46. The topological polar surface area (TPSA) is 46.2 Å². The minimum absolute atomic E-state index is 0.607. The highest BCUT2D eigenvalue weighted by molar-refractivity contribution is 7.80. The van der Waals surface area contributed by atoms with Crippen molar-refractivity contribution in [1.82, 2.24) is 15.6 Å². The lowest BCUT2D eigenvalue weighted by Gasteiger charge is -2.09. The van der Waals surface area contributed by atoms with E-state index in [9.17, 15) is 0 Å². The first-order valence-corrected chi connectivity index (χ1v) is 4.61. The molecular formula is C9H13N3OS. The van der Waals surface area contributed by atoms with Crippen molar-refractivity contribution < 1.29 is 4.74 Å². The number of nitrogens with zero attached hydrogens (tertiary/aromatic N) is 1. The number of aromatic nitrogens is 1. The van der Waals surface area contributed by atoms with Crippen molar-refractivity contribution in [3.05, 3.63) is 24.0 Å². The summed E-state index contributed by atoms with van der Waals surface area (Å²) in [6, 6.07) is 1.82. The molecule has 1 heterocycles. The van der Waals surface area contributed by atoms with Gasteiger partial charge < -0.3 is 15.4 Å². The molecule has 0 spiro atoms. The minimum atomic E-state index is 0.607. The number of nitrogens with one attached hydrogen (secondary N) is 2. The molecule has 0 aliphatic heterocycles. The Morgan fingerprint density at radius 1 is 1.64 bits per heavy atom. The van der Waals surface area contributed by atoms with Gasteiger partial charge in [-0.15, -0.1) is 0 Å². The van der Waals surface area contributed by atoms with Crippen LogP contribution in [0.1, 0.15) is 5.56 Å². The average Bonchev–Trinajstić information content (AvgIpc) is 2.26. The van der Waals surface area contributed by atoms with Crippen LogP contribution in [0, 0.1) is 0 Å². The van der Waals surface area contributed by atoms with Crippen molar-refractivity contribution in [2.75, 3.05) is 14.2 Å². The molecule has 1 aromatic rings. The molecule has 14 heavy (non-hydrogen) atoms. The molecule has 1 rings (SSSR count). The number of ether oxygens (including phenoxy) is 1. The van der Waals surface area contributed by atoms with Gasteiger partial charge in [0.1, 0.15) is 5.75 Å². The van der Waals surface area contributed by atoms with Gasteiger partial charge in [-0.05, 0) is 18.3 Å². The number of methoxy groups -OCH3 is 1. The summed E-state index contributed by atoms with van der Waals surface area (Å²) in [6.45, 7) is 0.608. The predicted octanol–water partition coefficient (Wildman–Crippen LogP) is 0.684. The number of hydrogen-bond donors (Lipinski definition) is 2. The first kappa shape index (κ1) is 10.7. The first-order valence-electron chi connectivity index (χ1n) is 4.20. The van der Waals surface area contributed by atoms with Crippen LogP contribution in [0.5, 0.6) is 5.75 Å². The summed E-state index contributed by atoms with van der Waals surface area (Å²) in [6.07, 6.45) is 3.45. The van der Waals surface area contributed by atoms with Gasteiger partial charge in [0, 0.05) is 31.5 Å². The van der Waals surface area contributed by atoms with Crippen LogP contribution in [0.25, 0.3) is 0 Å². The molecule has 0 saturated carbocycles. The third-order valence-corrected chi connectivity index (χ3v) is 2.09. The summed E-state index contributed by atoms with van der Waals surface area (Å²) < 4.78 is 5.17. The zero-order chi connectivity index (χ0) is 10.4. The third-order valence-electron chi connectivity index (χ3n) is 1.75. The molecule has 0 unspecified atom stereocenters. The summed E-state index contributed by atoms with van der Waals surface area (Å²) >= 11 is 4.95. The zero-order valence-electron chi connectivity index (χ0n) is 8.20. The fraction of sp³-hybridized carbons (Fsp3) is 0.333. The first-order chi connectivity index (χ1) is 6.77. The highest BCUT2D eigenvalue weighted by Crippen LogP contribution is 2.14. The van der Waals surface area contributed by atoms with E-state index >= 15 is 0 Å². The van der Waals surface area contributed by atoms with Crippen molar-refractivity contribution in [3.8, 4) is 5.75 Å². The molecule has 0 aliphatic rings. The van der Waals surface area contributed by atoms with E-state index in [4.69, 9.17) is 17.0 Å². The quantitative estimate of drug-likeness (QED) is 0.720. The Balaban J connectivity index is 2.61.